The Morgan fingerprint density at radius 2 is 1.96 bits per heavy atom. The highest BCUT2D eigenvalue weighted by Gasteiger charge is 2.44. The molecule has 0 bridgehead atoms. The third kappa shape index (κ3) is 6.31. The number of carbonyl (C=O) groups is 2. The van der Waals surface area contributed by atoms with Gasteiger partial charge >= 0.3 is 11.7 Å². The number of aromatic carboxylic acids is 1. The van der Waals surface area contributed by atoms with Gasteiger partial charge in [0.15, 0.2) is 17.4 Å². The average Bonchev–Trinajstić information content (AvgIpc) is 3.65. The number of aliphatic hydroxyl groups is 1. The Morgan fingerprint density at radius 3 is 2.68 bits per heavy atom. The number of anilines is 2. The normalized spacial score (nSPS) is 24.4. The number of piperidine rings is 1. The van der Waals surface area contributed by atoms with Gasteiger partial charge in [0.05, 0.1) is 37.0 Å². The monoisotopic (exact) mass is 849 g/mol. The van der Waals surface area contributed by atoms with Gasteiger partial charge in [0.25, 0.3) is 5.91 Å². The number of carboxylic acids is 1. The number of pyridine rings is 1. The fourth-order valence-electron chi connectivity index (χ4n) is 8.56. The second-order valence-corrected chi connectivity index (χ2v) is 16.8. The minimum Gasteiger partial charge on any atom is -0.492 e. The number of likely N-dealkylation sites (tertiary alicyclic amines) is 1. The van der Waals surface area contributed by atoms with Crippen molar-refractivity contribution in [2.45, 2.75) is 49.4 Å². The van der Waals surface area contributed by atoms with Gasteiger partial charge in [-0.3, -0.25) is 24.0 Å². The van der Waals surface area contributed by atoms with Crippen LogP contribution in [0.1, 0.15) is 53.9 Å². The Kier molecular flexibility index (Phi) is 9.51. The molecule has 15 nitrogen and oxygen atoms in total. The first-order valence-corrected chi connectivity index (χ1v) is 20.2. The number of rotatable bonds is 9. The van der Waals surface area contributed by atoms with E-state index in [0.717, 1.165) is 36.2 Å². The van der Waals surface area contributed by atoms with Gasteiger partial charge in [-0.05, 0) is 61.9 Å². The number of aliphatic hydroxyl groups excluding tert-OH is 1. The molecule has 1 saturated carbocycles. The van der Waals surface area contributed by atoms with Gasteiger partial charge in [0.1, 0.15) is 28.6 Å². The third-order valence-corrected chi connectivity index (χ3v) is 12.9. The largest absolute Gasteiger partial charge is 0.492 e. The summed E-state index contributed by atoms with van der Waals surface area (Å²) in [5, 5.41) is 19.1. The van der Waals surface area contributed by atoms with Crippen molar-refractivity contribution in [1.29, 1.82) is 0 Å². The van der Waals surface area contributed by atoms with Crippen molar-refractivity contribution in [3.05, 3.63) is 84.8 Å². The van der Waals surface area contributed by atoms with Crippen molar-refractivity contribution < 1.29 is 33.7 Å². The average molecular weight is 851 g/mol. The molecule has 1 amide bonds. The zero-order valence-corrected chi connectivity index (χ0v) is 32.5. The zero-order chi connectivity index (χ0) is 39.0. The van der Waals surface area contributed by atoms with Crippen LogP contribution in [0.2, 0.25) is 0 Å². The van der Waals surface area contributed by atoms with E-state index in [2.05, 4.69) is 30.8 Å². The van der Waals surface area contributed by atoms with Crippen molar-refractivity contribution in [3.8, 4) is 5.75 Å². The van der Waals surface area contributed by atoms with Crippen LogP contribution in [0.4, 0.5) is 21.6 Å². The molecule has 18 heteroatoms. The second-order valence-electron chi connectivity index (χ2n) is 14.6. The van der Waals surface area contributed by atoms with Crippen LogP contribution in [-0.2, 0) is 9.53 Å². The number of fused-ring (bicyclic) bond motifs is 3. The van der Waals surface area contributed by atoms with Gasteiger partial charge in [-0.2, -0.15) is 4.98 Å². The number of aliphatic imine (C=N–C) groups is 1. The van der Waals surface area contributed by atoms with E-state index < -0.39 is 40.1 Å². The molecule has 0 spiro atoms. The van der Waals surface area contributed by atoms with Crippen LogP contribution < -0.4 is 25.7 Å². The van der Waals surface area contributed by atoms with Crippen molar-refractivity contribution >= 4 is 73.4 Å². The van der Waals surface area contributed by atoms with E-state index in [0.29, 0.717) is 42.2 Å². The maximum Gasteiger partial charge on any atom is 0.351 e. The Labute approximate surface area is 331 Å². The van der Waals surface area contributed by atoms with Gasteiger partial charge in [0.2, 0.25) is 5.43 Å². The summed E-state index contributed by atoms with van der Waals surface area (Å²) < 4.78 is 31.7. The topological polar surface area (TPSA) is 172 Å². The van der Waals surface area contributed by atoms with E-state index in [9.17, 15) is 29.4 Å². The maximum absolute atomic E-state index is 16.3. The predicted octanol–water partition coefficient (Wildman–Crippen LogP) is 4.11. The summed E-state index contributed by atoms with van der Waals surface area (Å²) in [6.45, 7) is 1.73. The summed E-state index contributed by atoms with van der Waals surface area (Å²) in [6, 6.07) is 8.16. The predicted molar refractivity (Wildman–Crippen MR) is 210 cm³/mol. The number of ether oxygens (including phenoxy) is 2. The fourth-order valence-corrected chi connectivity index (χ4v) is 9.85. The summed E-state index contributed by atoms with van der Waals surface area (Å²) in [5.41, 5.74) is -0.146. The van der Waals surface area contributed by atoms with Crippen molar-refractivity contribution in [3.63, 3.8) is 0 Å². The first kappa shape index (κ1) is 37.0. The highest BCUT2D eigenvalue weighted by Crippen LogP contribution is 2.46. The Morgan fingerprint density at radius 1 is 1.14 bits per heavy atom. The highest BCUT2D eigenvalue weighted by atomic mass is 79.9. The molecule has 2 aromatic heterocycles. The van der Waals surface area contributed by atoms with Crippen molar-refractivity contribution in [2.24, 2.45) is 10.9 Å². The quantitative estimate of drug-likeness (QED) is 0.248. The lowest BCUT2D eigenvalue weighted by molar-refractivity contribution is -0.112. The summed E-state index contributed by atoms with van der Waals surface area (Å²) >= 11 is 4.93. The number of thioether (sulfide) groups is 1. The van der Waals surface area contributed by atoms with Crippen LogP contribution in [0.15, 0.2) is 61.8 Å². The van der Waals surface area contributed by atoms with Crippen LogP contribution in [0, 0.1) is 11.7 Å². The molecule has 56 heavy (non-hydrogen) atoms. The van der Waals surface area contributed by atoms with Crippen molar-refractivity contribution in [2.75, 3.05) is 55.6 Å². The van der Waals surface area contributed by atoms with E-state index in [1.807, 2.05) is 23.1 Å². The van der Waals surface area contributed by atoms with Crippen LogP contribution in [0.25, 0.3) is 10.9 Å². The molecule has 3 saturated heterocycles. The summed E-state index contributed by atoms with van der Waals surface area (Å²) in [6.07, 6.45) is 5.69. The molecule has 4 fully saturated rings. The Balaban J connectivity index is 1.01. The molecular formula is C38H37BrFN7O8S. The smallest absolute Gasteiger partial charge is 0.351 e. The molecule has 0 unspecified atom stereocenters. The number of aromatic nitrogens is 3. The Bertz CT molecular complexity index is 2460. The number of hydrogen-bond acceptors (Lipinski definition) is 12. The van der Waals surface area contributed by atoms with Crippen LogP contribution in [-0.4, -0.2) is 104 Å². The molecule has 0 radical (unpaired) electrons. The van der Waals surface area contributed by atoms with E-state index >= 15 is 4.39 Å². The molecule has 1 aliphatic carbocycles. The summed E-state index contributed by atoms with van der Waals surface area (Å²) in [4.78, 5) is 67.1. The lowest BCUT2D eigenvalue weighted by Gasteiger charge is -2.39. The first-order chi connectivity index (χ1) is 27.0. The molecule has 4 atom stereocenters. The lowest BCUT2D eigenvalue weighted by Crippen LogP contribution is -2.51. The minimum atomic E-state index is -1.36. The molecule has 2 N–H and O–H groups in total. The molecule has 4 aliphatic heterocycles. The van der Waals surface area contributed by atoms with Gasteiger partial charge in [-0.1, -0.05) is 15.9 Å². The minimum absolute atomic E-state index is 0.0161. The molecular weight excluding hydrogens is 813 g/mol. The summed E-state index contributed by atoms with van der Waals surface area (Å²) in [5.74, 6) is -1.47. The number of carbonyl (C=O) groups excluding carboxylic acids is 1. The van der Waals surface area contributed by atoms with Gasteiger partial charge in [-0.25, -0.2) is 19.0 Å². The van der Waals surface area contributed by atoms with Crippen LogP contribution >= 0.6 is 27.7 Å². The van der Waals surface area contributed by atoms with Gasteiger partial charge in [-0.15, -0.1) is 11.8 Å². The number of nitrogens with zero attached hydrogens (tertiary/aromatic N) is 7. The molecule has 292 valence electrons. The second kappa shape index (κ2) is 14.4. The summed E-state index contributed by atoms with van der Waals surface area (Å²) in [7, 11) is 1.44. The van der Waals surface area contributed by atoms with E-state index in [-0.39, 0.29) is 65.5 Å². The Hall–Kier alpha value is -4.62. The maximum atomic E-state index is 16.3. The zero-order valence-electron chi connectivity index (χ0n) is 30.1. The molecule has 5 aliphatic rings. The van der Waals surface area contributed by atoms with Crippen molar-refractivity contribution in [1.82, 2.24) is 19.0 Å². The van der Waals surface area contributed by atoms with E-state index in [4.69, 9.17) is 9.47 Å². The molecule has 4 aromatic rings. The van der Waals surface area contributed by atoms with E-state index in [1.54, 1.807) is 15.5 Å². The SMILES string of the molecule is COc1c(N2C[C@@H]3CCCN(CN4C(=O)C(=Nc5ccn([C@@H]6CS[C@H](CO)O6)c(=O)n5)c5cc(Br)ccc54)[C@@H]3C2)c(F)cc2c(=O)c(C(=O)O)cn(C3CC3)c12. The molecule has 2 aromatic carbocycles. The number of hydrogen-bond donors (Lipinski definition) is 2. The standard InChI is InChI=1S/C38H37BrFN7O8S/c1-54-35-32-23(34(49)24(37(51)52)14-46(32)21-5-6-21)12-25(40)33(35)44-13-19-3-2-9-43(27(19)15-44)18-47-26-7-4-20(39)11-22(26)31(36(47)50)41-28-8-10-45(38(53)42-28)29-17-56-30(16-48)55-29/h4,7-8,10-12,14,19,21,27,29-30,48H,2-3,5-6,9,13,15-18H2,1H3,(H,51,52)/t19-,27+,29-,30+/m0/s1. The van der Waals surface area contributed by atoms with Crippen LogP contribution in [0.5, 0.6) is 5.75 Å². The molecule has 9 rings (SSSR count). The fraction of sp³-hybridized carbons (Fsp3) is 0.421. The number of benzene rings is 2. The number of carboxylic acid groups (broad SMARTS) is 1. The first-order valence-electron chi connectivity index (χ1n) is 18.4. The number of amides is 1. The van der Waals surface area contributed by atoms with E-state index in [1.165, 1.54) is 35.8 Å². The van der Waals surface area contributed by atoms with Gasteiger partial charge < -0.3 is 29.2 Å². The number of methoxy groups -OCH3 is 1. The molecule has 6 heterocycles. The number of halogens is 2. The highest BCUT2D eigenvalue weighted by molar-refractivity contribution is 9.10. The third-order valence-electron chi connectivity index (χ3n) is 11.3. The van der Waals surface area contributed by atoms with Gasteiger partial charge in [0, 0.05) is 59.9 Å². The lowest BCUT2D eigenvalue weighted by atomic mass is 9.92. The van der Waals surface area contributed by atoms with Crippen LogP contribution in [0.3, 0.4) is 0 Å².